The zero-order valence-corrected chi connectivity index (χ0v) is 18.2. The fraction of sp³-hybridized carbons (Fsp3) is 0.409. The van der Waals surface area contributed by atoms with E-state index in [9.17, 15) is 4.79 Å². The van der Waals surface area contributed by atoms with Gasteiger partial charge in [-0.15, -0.1) is 0 Å². The van der Waals surface area contributed by atoms with Crippen molar-refractivity contribution in [3.05, 3.63) is 58.1 Å². The molecular weight excluding hydrogens is 411 g/mol. The van der Waals surface area contributed by atoms with E-state index < -0.39 is 0 Å². The summed E-state index contributed by atoms with van der Waals surface area (Å²) in [5.41, 5.74) is 1.73. The molecule has 2 aromatic carbocycles. The molecule has 0 aromatic heterocycles. The number of anilines is 1. The predicted octanol–water partition coefficient (Wildman–Crippen LogP) is 5.01. The van der Waals surface area contributed by atoms with Crippen LogP contribution >= 0.6 is 23.2 Å². The number of ether oxygens (including phenoxy) is 2. The maximum Gasteiger partial charge on any atom is 0.221 e. The highest BCUT2D eigenvalue weighted by Crippen LogP contribution is 2.30. The van der Waals surface area contributed by atoms with Gasteiger partial charge >= 0.3 is 0 Å². The number of likely N-dealkylation sites (tertiary alicyclic amines) is 1. The molecule has 0 atom stereocenters. The van der Waals surface area contributed by atoms with E-state index >= 15 is 0 Å². The molecule has 1 N–H and O–H groups in total. The summed E-state index contributed by atoms with van der Waals surface area (Å²) >= 11 is 12.0. The van der Waals surface area contributed by atoms with E-state index in [4.69, 9.17) is 32.7 Å². The van der Waals surface area contributed by atoms with Gasteiger partial charge in [-0.25, -0.2) is 0 Å². The van der Waals surface area contributed by atoms with Crippen LogP contribution in [0.5, 0.6) is 5.75 Å². The first-order valence-electron chi connectivity index (χ1n) is 9.61. The first-order chi connectivity index (χ1) is 13.9. The summed E-state index contributed by atoms with van der Waals surface area (Å²) in [7, 11) is 1.74. The largest absolute Gasteiger partial charge is 0.491 e. The van der Waals surface area contributed by atoms with E-state index in [0.717, 1.165) is 38.2 Å². The van der Waals surface area contributed by atoms with Gasteiger partial charge in [0.15, 0.2) is 0 Å². The standard InChI is InChI=1S/C22H26Cl2N2O3/c1-16(27)25-18-5-3-17(4-6-18)14-26-11-9-22(28-2,10-12-26)15-29-19-7-8-20(23)21(24)13-19/h3-8,13H,9-12,14-15H2,1-2H3,(H,25,27). The lowest BCUT2D eigenvalue weighted by molar-refractivity contribution is -0.114. The number of hydrogen-bond acceptors (Lipinski definition) is 4. The van der Waals surface area contributed by atoms with Gasteiger partial charge in [0.2, 0.25) is 5.91 Å². The molecule has 1 saturated heterocycles. The zero-order chi connectivity index (χ0) is 20.9. The lowest BCUT2D eigenvalue weighted by Gasteiger charge is -2.40. The summed E-state index contributed by atoms with van der Waals surface area (Å²) in [6, 6.07) is 13.3. The number of carbonyl (C=O) groups excluding carboxylic acids is 1. The molecule has 1 aliphatic heterocycles. The summed E-state index contributed by atoms with van der Waals surface area (Å²) in [4.78, 5) is 13.5. The van der Waals surface area contributed by atoms with Gasteiger partial charge in [0.1, 0.15) is 18.0 Å². The molecule has 1 heterocycles. The average Bonchev–Trinajstić information content (AvgIpc) is 2.71. The molecule has 1 amide bonds. The Morgan fingerprint density at radius 2 is 1.79 bits per heavy atom. The second-order valence-electron chi connectivity index (χ2n) is 7.41. The number of amides is 1. The Balaban J connectivity index is 1.51. The molecule has 0 unspecified atom stereocenters. The topological polar surface area (TPSA) is 50.8 Å². The monoisotopic (exact) mass is 436 g/mol. The predicted molar refractivity (Wildman–Crippen MR) is 117 cm³/mol. The third kappa shape index (κ3) is 6.09. The molecule has 1 aliphatic rings. The molecule has 2 aromatic rings. The maximum atomic E-state index is 11.1. The van der Waals surface area contributed by atoms with Gasteiger partial charge in [-0.3, -0.25) is 9.69 Å². The zero-order valence-electron chi connectivity index (χ0n) is 16.7. The van der Waals surface area contributed by atoms with Crippen LogP contribution in [0.4, 0.5) is 5.69 Å². The molecule has 3 rings (SSSR count). The highest BCUT2D eigenvalue weighted by atomic mass is 35.5. The molecule has 7 heteroatoms. The van der Waals surface area contributed by atoms with Crippen LogP contribution in [0.15, 0.2) is 42.5 Å². The minimum atomic E-state index is -0.308. The molecule has 0 spiro atoms. The van der Waals surface area contributed by atoms with E-state index in [2.05, 4.69) is 22.3 Å². The molecule has 0 radical (unpaired) electrons. The van der Waals surface area contributed by atoms with E-state index in [-0.39, 0.29) is 11.5 Å². The van der Waals surface area contributed by atoms with Crippen LogP contribution in [0.1, 0.15) is 25.3 Å². The number of methoxy groups -OCH3 is 1. The molecule has 5 nitrogen and oxygen atoms in total. The van der Waals surface area contributed by atoms with Crippen LogP contribution in [0.25, 0.3) is 0 Å². The molecule has 1 fully saturated rings. The van der Waals surface area contributed by atoms with E-state index in [0.29, 0.717) is 22.4 Å². The first-order valence-corrected chi connectivity index (χ1v) is 10.4. The second-order valence-corrected chi connectivity index (χ2v) is 8.22. The fourth-order valence-corrected chi connectivity index (χ4v) is 3.75. The van der Waals surface area contributed by atoms with Crippen molar-refractivity contribution in [2.75, 3.05) is 32.1 Å². The van der Waals surface area contributed by atoms with Gasteiger partial charge in [-0.2, -0.15) is 0 Å². The van der Waals surface area contributed by atoms with Crippen molar-refractivity contribution in [2.24, 2.45) is 0 Å². The van der Waals surface area contributed by atoms with Crippen molar-refractivity contribution in [2.45, 2.75) is 31.9 Å². The summed E-state index contributed by atoms with van der Waals surface area (Å²) in [6.07, 6.45) is 1.77. The SMILES string of the molecule is COC1(COc2ccc(Cl)c(Cl)c2)CCN(Cc2ccc(NC(C)=O)cc2)CC1. The van der Waals surface area contributed by atoms with Gasteiger partial charge in [-0.05, 0) is 42.7 Å². The fourth-order valence-electron chi connectivity index (χ4n) is 3.46. The van der Waals surface area contributed by atoms with Gasteiger partial charge in [-0.1, -0.05) is 35.3 Å². The molecular formula is C22H26Cl2N2O3. The van der Waals surface area contributed by atoms with Crippen molar-refractivity contribution >= 4 is 34.8 Å². The Kier molecular flexibility index (Phi) is 7.41. The molecule has 0 bridgehead atoms. The lowest BCUT2D eigenvalue weighted by Crippen LogP contribution is -2.48. The van der Waals surface area contributed by atoms with E-state index in [1.165, 1.54) is 12.5 Å². The Hall–Kier alpha value is -1.79. The first kappa shape index (κ1) is 21.9. The van der Waals surface area contributed by atoms with Gasteiger partial charge in [0, 0.05) is 45.4 Å². The average molecular weight is 437 g/mol. The smallest absolute Gasteiger partial charge is 0.221 e. The Labute approximate surface area is 181 Å². The van der Waals surface area contributed by atoms with Gasteiger partial charge in [0.05, 0.1) is 10.0 Å². The van der Waals surface area contributed by atoms with Crippen LogP contribution in [0.2, 0.25) is 10.0 Å². The number of carbonyl (C=O) groups is 1. The molecule has 29 heavy (non-hydrogen) atoms. The van der Waals surface area contributed by atoms with Gasteiger partial charge in [0.25, 0.3) is 0 Å². The number of benzene rings is 2. The highest BCUT2D eigenvalue weighted by molar-refractivity contribution is 6.42. The number of rotatable bonds is 7. The van der Waals surface area contributed by atoms with E-state index in [1.807, 2.05) is 18.2 Å². The Morgan fingerprint density at radius 1 is 1.10 bits per heavy atom. The normalized spacial score (nSPS) is 16.4. The van der Waals surface area contributed by atoms with Crippen LogP contribution in [0, 0.1) is 0 Å². The van der Waals surface area contributed by atoms with E-state index in [1.54, 1.807) is 19.2 Å². The Bertz CT molecular complexity index is 834. The number of piperidine rings is 1. The minimum absolute atomic E-state index is 0.0622. The summed E-state index contributed by atoms with van der Waals surface area (Å²) < 4.78 is 11.8. The molecule has 0 saturated carbocycles. The van der Waals surface area contributed by atoms with Crippen LogP contribution in [-0.2, 0) is 16.1 Å². The third-order valence-electron chi connectivity index (χ3n) is 5.27. The number of hydrogen-bond donors (Lipinski definition) is 1. The minimum Gasteiger partial charge on any atom is -0.491 e. The van der Waals surface area contributed by atoms with Gasteiger partial charge < -0.3 is 14.8 Å². The van der Waals surface area contributed by atoms with Crippen LogP contribution in [-0.4, -0.2) is 43.2 Å². The maximum absolute atomic E-state index is 11.1. The van der Waals surface area contributed by atoms with Crippen molar-refractivity contribution < 1.29 is 14.3 Å². The summed E-state index contributed by atoms with van der Waals surface area (Å²) in [5, 5.41) is 3.78. The summed E-state index contributed by atoms with van der Waals surface area (Å²) in [6.45, 7) is 4.70. The third-order valence-corrected chi connectivity index (χ3v) is 6.01. The van der Waals surface area contributed by atoms with Crippen molar-refractivity contribution in [3.8, 4) is 5.75 Å². The lowest BCUT2D eigenvalue weighted by atomic mass is 9.91. The molecule has 0 aliphatic carbocycles. The van der Waals surface area contributed by atoms with Crippen molar-refractivity contribution in [3.63, 3.8) is 0 Å². The van der Waals surface area contributed by atoms with Crippen LogP contribution in [0.3, 0.4) is 0 Å². The molecule has 156 valence electrons. The number of nitrogens with one attached hydrogen (secondary N) is 1. The number of nitrogens with zero attached hydrogens (tertiary/aromatic N) is 1. The van der Waals surface area contributed by atoms with Crippen molar-refractivity contribution in [1.82, 2.24) is 4.90 Å². The highest BCUT2D eigenvalue weighted by Gasteiger charge is 2.35. The quantitative estimate of drug-likeness (QED) is 0.662. The second kappa shape index (κ2) is 9.81. The van der Waals surface area contributed by atoms with Crippen LogP contribution < -0.4 is 10.1 Å². The number of halogens is 2. The summed E-state index contributed by atoms with van der Waals surface area (Å²) in [5.74, 6) is 0.630. The van der Waals surface area contributed by atoms with Crippen molar-refractivity contribution in [1.29, 1.82) is 0 Å². The Morgan fingerprint density at radius 3 is 2.38 bits per heavy atom.